The van der Waals surface area contributed by atoms with Crippen LogP contribution in [0.5, 0.6) is 5.75 Å². The normalized spacial score (nSPS) is 10.5. The fraction of sp³-hybridized carbons (Fsp3) is 0.100. The molecule has 0 unspecified atom stereocenters. The predicted molar refractivity (Wildman–Crippen MR) is 106 cm³/mol. The summed E-state index contributed by atoms with van der Waals surface area (Å²) in [6.45, 7) is 1.08. The molecule has 0 bridgehead atoms. The molecule has 0 amide bonds. The number of anilines is 1. The first kappa shape index (κ1) is 17.9. The molecule has 0 aliphatic heterocycles. The summed E-state index contributed by atoms with van der Waals surface area (Å²) < 4.78 is 5.78. The van der Waals surface area contributed by atoms with Crippen molar-refractivity contribution in [3.05, 3.63) is 92.9 Å². The van der Waals surface area contributed by atoms with E-state index in [1.54, 1.807) is 12.1 Å². The number of halogens is 3. The lowest BCUT2D eigenvalue weighted by Crippen LogP contribution is -2.00. The van der Waals surface area contributed by atoms with Crippen LogP contribution >= 0.6 is 34.8 Å². The van der Waals surface area contributed by atoms with Gasteiger partial charge in [-0.1, -0.05) is 65.1 Å². The Bertz CT molecular complexity index is 850. The molecule has 0 spiro atoms. The van der Waals surface area contributed by atoms with Crippen LogP contribution < -0.4 is 10.1 Å². The van der Waals surface area contributed by atoms with Crippen LogP contribution in [0, 0.1) is 0 Å². The van der Waals surface area contributed by atoms with Gasteiger partial charge in [0.1, 0.15) is 12.4 Å². The highest BCUT2D eigenvalue weighted by atomic mass is 35.5. The number of benzene rings is 3. The molecule has 5 heteroatoms. The summed E-state index contributed by atoms with van der Waals surface area (Å²) in [7, 11) is 0. The molecule has 0 saturated heterocycles. The monoisotopic (exact) mass is 391 g/mol. The summed E-state index contributed by atoms with van der Waals surface area (Å²) in [6.07, 6.45) is 0. The smallest absolute Gasteiger partial charge is 0.119 e. The van der Waals surface area contributed by atoms with E-state index in [1.807, 2.05) is 54.6 Å². The molecule has 2 nitrogen and oxygen atoms in total. The zero-order valence-corrected chi connectivity index (χ0v) is 15.6. The second-order valence-corrected chi connectivity index (χ2v) is 6.75. The van der Waals surface area contributed by atoms with Gasteiger partial charge in [-0.3, -0.25) is 0 Å². The molecule has 0 atom stereocenters. The molecule has 0 aliphatic carbocycles. The average molecular weight is 393 g/mol. The minimum atomic E-state index is 0.440. The Hall–Kier alpha value is -1.87. The molecule has 25 heavy (non-hydrogen) atoms. The zero-order valence-electron chi connectivity index (χ0n) is 13.3. The van der Waals surface area contributed by atoms with Crippen molar-refractivity contribution in [2.24, 2.45) is 0 Å². The van der Waals surface area contributed by atoms with Crippen molar-refractivity contribution < 1.29 is 4.74 Å². The van der Waals surface area contributed by atoms with Crippen molar-refractivity contribution in [2.45, 2.75) is 13.2 Å². The zero-order chi connectivity index (χ0) is 17.6. The molecule has 3 aromatic rings. The van der Waals surface area contributed by atoms with Gasteiger partial charge >= 0.3 is 0 Å². The van der Waals surface area contributed by atoms with Gasteiger partial charge in [0.2, 0.25) is 0 Å². The molecule has 0 aromatic heterocycles. The molecular formula is C20H16Cl3NO. The largest absolute Gasteiger partial charge is 0.489 e. The van der Waals surface area contributed by atoms with Crippen LogP contribution in [0.15, 0.2) is 66.7 Å². The third-order valence-electron chi connectivity index (χ3n) is 3.69. The maximum Gasteiger partial charge on any atom is 0.119 e. The Morgan fingerprint density at radius 1 is 0.800 bits per heavy atom. The number of hydrogen-bond donors (Lipinski definition) is 1. The van der Waals surface area contributed by atoms with Crippen molar-refractivity contribution in [2.75, 3.05) is 5.32 Å². The van der Waals surface area contributed by atoms with E-state index in [-0.39, 0.29) is 0 Å². The first-order chi connectivity index (χ1) is 12.1. The Morgan fingerprint density at radius 3 is 2.32 bits per heavy atom. The third kappa shape index (κ3) is 5.05. The lowest BCUT2D eigenvalue weighted by atomic mass is 10.2. The second-order valence-electron chi connectivity index (χ2n) is 5.50. The molecule has 0 heterocycles. The second kappa shape index (κ2) is 8.48. The van der Waals surface area contributed by atoms with Crippen LogP contribution in [0.3, 0.4) is 0 Å². The summed E-state index contributed by atoms with van der Waals surface area (Å²) in [4.78, 5) is 0. The van der Waals surface area contributed by atoms with Gasteiger partial charge in [0.15, 0.2) is 0 Å². The fourth-order valence-corrected chi connectivity index (χ4v) is 2.86. The maximum absolute atomic E-state index is 6.15. The van der Waals surface area contributed by atoms with Crippen LogP contribution in [-0.4, -0.2) is 0 Å². The highest BCUT2D eigenvalue weighted by Gasteiger charge is 2.03. The average Bonchev–Trinajstić information content (AvgIpc) is 2.63. The molecule has 1 N–H and O–H groups in total. The third-order valence-corrected chi connectivity index (χ3v) is 4.62. The van der Waals surface area contributed by atoms with Gasteiger partial charge in [-0.15, -0.1) is 0 Å². The van der Waals surface area contributed by atoms with Crippen molar-refractivity contribution in [3.8, 4) is 5.75 Å². The van der Waals surface area contributed by atoms with Crippen LogP contribution in [0.1, 0.15) is 11.1 Å². The Balaban J connectivity index is 1.57. The minimum absolute atomic E-state index is 0.440. The lowest BCUT2D eigenvalue weighted by Gasteiger charge is -2.11. The summed E-state index contributed by atoms with van der Waals surface area (Å²) in [6, 6.07) is 20.9. The van der Waals surface area contributed by atoms with Gasteiger partial charge in [-0.2, -0.15) is 0 Å². The van der Waals surface area contributed by atoms with Crippen molar-refractivity contribution in [1.29, 1.82) is 0 Å². The SMILES string of the molecule is Clc1ccc(Cl)c(NCc2ccc(OCc3ccccc3Cl)cc2)c1. The maximum atomic E-state index is 6.15. The summed E-state index contributed by atoms with van der Waals surface area (Å²) in [5.41, 5.74) is 2.89. The van der Waals surface area contributed by atoms with Gasteiger partial charge in [0.05, 0.1) is 10.7 Å². The van der Waals surface area contributed by atoms with Gasteiger partial charge in [0, 0.05) is 22.2 Å². The standard InChI is InChI=1S/C20H16Cl3NO/c21-16-7-10-19(23)20(11-16)24-12-14-5-8-17(9-6-14)25-13-15-3-1-2-4-18(15)22/h1-11,24H,12-13H2. The number of hydrogen-bond acceptors (Lipinski definition) is 2. The van der Waals surface area contributed by atoms with E-state index in [9.17, 15) is 0 Å². The molecule has 0 aliphatic rings. The van der Waals surface area contributed by atoms with Crippen LogP contribution in [0.4, 0.5) is 5.69 Å². The van der Waals surface area contributed by atoms with Crippen LogP contribution in [0.2, 0.25) is 15.1 Å². The molecule has 0 radical (unpaired) electrons. The van der Waals surface area contributed by atoms with Gasteiger partial charge < -0.3 is 10.1 Å². The molecular weight excluding hydrogens is 377 g/mol. The predicted octanol–water partition coefficient (Wildman–Crippen LogP) is 6.84. The Morgan fingerprint density at radius 2 is 1.56 bits per heavy atom. The Kier molecular flexibility index (Phi) is 6.09. The van der Waals surface area contributed by atoms with Crippen molar-refractivity contribution >= 4 is 40.5 Å². The van der Waals surface area contributed by atoms with Gasteiger partial charge in [-0.05, 0) is 42.0 Å². The first-order valence-electron chi connectivity index (χ1n) is 7.76. The lowest BCUT2D eigenvalue weighted by molar-refractivity contribution is 0.306. The highest BCUT2D eigenvalue weighted by molar-refractivity contribution is 6.35. The van der Waals surface area contributed by atoms with Crippen LogP contribution in [0.25, 0.3) is 0 Å². The van der Waals surface area contributed by atoms with Crippen molar-refractivity contribution in [3.63, 3.8) is 0 Å². The number of rotatable bonds is 6. The Labute approximate surface area is 162 Å². The summed E-state index contributed by atoms with van der Waals surface area (Å²) in [5.74, 6) is 0.796. The molecule has 0 saturated carbocycles. The van der Waals surface area contributed by atoms with Gasteiger partial charge in [-0.25, -0.2) is 0 Å². The van der Waals surface area contributed by atoms with Crippen molar-refractivity contribution in [1.82, 2.24) is 0 Å². The number of nitrogens with one attached hydrogen (secondary N) is 1. The summed E-state index contributed by atoms with van der Waals surface area (Å²) in [5, 5.41) is 5.28. The highest BCUT2D eigenvalue weighted by Crippen LogP contribution is 2.26. The quantitative estimate of drug-likeness (QED) is 0.496. The molecule has 0 fully saturated rings. The van der Waals surface area contributed by atoms with E-state index < -0.39 is 0 Å². The summed E-state index contributed by atoms with van der Waals surface area (Å²) >= 11 is 18.3. The van der Waals surface area contributed by atoms with Crippen LogP contribution in [-0.2, 0) is 13.2 Å². The van der Waals surface area contributed by atoms with E-state index in [0.717, 1.165) is 22.6 Å². The van der Waals surface area contributed by atoms with E-state index in [4.69, 9.17) is 39.5 Å². The first-order valence-corrected chi connectivity index (χ1v) is 8.89. The van der Waals surface area contributed by atoms with E-state index in [2.05, 4.69) is 5.32 Å². The van der Waals surface area contributed by atoms with Gasteiger partial charge in [0.25, 0.3) is 0 Å². The molecule has 128 valence electrons. The van der Waals surface area contributed by atoms with E-state index >= 15 is 0 Å². The molecule has 3 aromatic carbocycles. The topological polar surface area (TPSA) is 21.3 Å². The van der Waals surface area contributed by atoms with E-state index in [1.165, 1.54) is 0 Å². The molecule has 3 rings (SSSR count). The fourth-order valence-electron chi connectivity index (χ4n) is 2.31. The number of ether oxygens (including phenoxy) is 1. The van der Waals surface area contributed by atoms with E-state index in [0.29, 0.717) is 28.2 Å². The minimum Gasteiger partial charge on any atom is -0.489 e.